The summed E-state index contributed by atoms with van der Waals surface area (Å²) in [5, 5.41) is 0. The van der Waals surface area contributed by atoms with E-state index in [1.54, 1.807) is 0 Å². The molecule has 2 heterocycles. The second-order valence-electron chi connectivity index (χ2n) is 4.61. The van der Waals surface area contributed by atoms with Crippen LogP contribution >= 0.6 is 0 Å². The second kappa shape index (κ2) is 5.79. The fourth-order valence-corrected chi connectivity index (χ4v) is 2.11. The number of hydrogen-bond acceptors (Lipinski definition) is 5. The van der Waals surface area contributed by atoms with Gasteiger partial charge in [0.2, 0.25) is 5.91 Å². The molecule has 1 saturated heterocycles. The van der Waals surface area contributed by atoms with Crippen molar-refractivity contribution in [3.05, 3.63) is 23.9 Å². The van der Waals surface area contributed by atoms with Crippen molar-refractivity contribution >= 4 is 11.7 Å². The van der Waals surface area contributed by atoms with Crippen molar-refractivity contribution in [3.63, 3.8) is 0 Å². The Morgan fingerprint density at radius 3 is 2.44 bits per heavy atom. The van der Waals surface area contributed by atoms with Crippen LogP contribution in [-0.4, -0.2) is 53.4 Å². The van der Waals surface area contributed by atoms with E-state index >= 15 is 0 Å². The van der Waals surface area contributed by atoms with Gasteiger partial charge in [-0.1, -0.05) is 6.07 Å². The molecule has 4 N–H and O–H groups in total. The summed E-state index contributed by atoms with van der Waals surface area (Å²) in [6.07, 6.45) is 1.81. The standard InChI is InChI=1S/C12H19N5O/c13-11-2-1-10(7-15-11)8-16-3-5-17(6-4-16)9-12(14)18/h1-2,7H,3-6,8-9H2,(H2,13,15)(H2,14,18). The van der Waals surface area contributed by atoms with Gasteiger partial charge < -0.3 is 11.5 Å². The summed E-state index contributed by atoms with van der Waals surface area (Å²) < 4.78 is 0. The molecular weight excluding hydrogens is 230 g/mol. The number of piperazine rings is 1. The van der Waals surface area contributed by atoms with Crippen LogP contribution in [0.1, 0.15) is 5.56 Å². The molecular formula is C12H19N5O. The van der Waals surface area contributed by atoms with Gasteiger partial charge in [-0.25, -0.2) is 4.98 Å². The average molecular weight is 249 g/mol. The third-order valence-corrected chi connectivity index (χ3v) is 3.10. The number of nitrogen functional groups attached to an aromatic ring is 1. The molecule has 6 heteroatoms. The van der Waals surface area contributed by atoms with Gasteiger partial charge in [0.05, 0.1) is 6.54 Å². The maximum atomic E-state index is 10.8. The van der Waals surface area contributed by atoms with Crippen molar-refractivity contribution in [1.29, 1.82) is 0 Å². The Kier molecular flexibility index (Phi) is 4.11. The van der Waals surface area contributed by atoms with Crippen molar-refractivity contribution in [2.45, 2.75) is 6.54 Å². The van der Waals surface area contributed by atoms with Crippen LogP contribution in [0.2, 0.25) is 0 Å². The topological polar surface area (TPSA) is 88.5 Å². The lowest BCUT2D eigenvalue weighted by molar-refractivity contribution is -0.119. The van der Waals surface area contributed by atoms with E-state index in [1.165, 1.54) is 0 Å². The lowest BCUT2D eigenvalue weighted by Crippen LogP contribution is -2.48. The van der Waals surface area contributed by atoms with Crippen LogP contribution < -0.4 is 11.5 Å². The SMILES string of the molecule is NC(=O)CN1CCN(Cc2ccc(N)nc2)CC1. The monoisotopic (exact) mass is 249 g/mol. The number of nitrogens with two attached hydrogens (primary N) is 2. The predicted molar refractivity (Wildman–Crippen MR) is 69.6 cm³/mol. The Morgan fingerprint density at radius 1 is 1.22 bits per heavy atom. The molecule has 0 saturated carbocycles. The molecule has 0 aliphatic carbocycles. The van der Waals surface area contributed by atoms with E-state index in [4.69, 9.17) is 11.5 Å². The molecule has 98 valence electrons. The van der Waals surface area contributed by atoms with E-state index in [0.717, 1.165) is 38.3 Å². The van der Waals surface area contributed by atoms with Gasteiger partial charge in [0.1, 0.15) is 5.82 Å². The number of amides is 1. The lowest BCUT2D eigenvalue weighted by atomic mass is 10.2. The normalized spacial score (nSPS) is 17.8. The van der Waals surface area contributed by atoms with Gasteiger partial charge in [-0.3, -0.25) is 14.6 Å². The zero-order chi connectivity index (χ0) is 13.0. The highest BCUT2D eigenvalue weighted by Crippen LogP contribution is 2.08. The second-order valence-corrected chi connectivity index (χ2v) is 4.61. The Hall–Kier alpha value is -1.66. The highest BCUT2D eigenvalue weighted by molar-refractivity contribution is 5.75. The number of nitrogens with zero attached hydrogens (tertiary/aromatic N) is 3. The Morgan fingerprint density at radius 2 is 1.89 bits per heavy atom. The number of rotatable bonds is 4. The molecule has 0 aromatic carbocycles. The molecule has 1 aromatic heterocycles. The first kappa shape index (κ1) is 12.8. The molecule has 0 spiro atoms. The van der Waals surface area contributed by atoms with E-state index in [1.807, 2.05) is 18.3 Å². The summed E-state index contributed by atoms with van der Waals surface area (Å²) >= 11 is 0. The molecule has 0 bridgehead atoms. The number of primary amides is 1. The van der Waals surface area contributed by atoms with Crippen LogP contribution in [-0.2, 0) is 11.3 Å². The summed E-state index contributed by atoms with van der Waals surface area (Å²) in [4.78, 5) is 19.3. The van der Waals surface area contributed by atoms with Crippen LogP contribution in [0.15, 0.2) is 18.3 Å². The zero-order valence-electron chi connectivity index (χ0n) is 10.4. The highest BCUT2D eigenvalue weighted by atomic mass is 16.1. The summed E-state index contributed by atoms with van der Waals surface area (Å²) in [5.74, 6) is 0.288. The van der Waals surface area contributed by atoms with Gasteiger partial charge in [-0.05, 0) is 11.6 Å². The van der Waals surface area contributed by atoms with Gasteiger partial charge in [0, 0.05) is 38.9 Å². The molecule has 1 fully saturated rings. The maximum Gasteiger partial charge on any atom is 0.231 e. The van der Waals surface area contributed by atoms with Crippen LogP contribution in [0.5, 0.6) is 0 Å². The van der Waals surface area contributed by atoms with Crippen LogP contribution in [0, 0.1) is 0 Å². The highest BCUT2D eigenvalue weighted by Gasteiger charge is 2.17. The lowest BCUT2D eigenvalue weighted by Gasteiger charge is -2.33. The molecule has 1 aliphatic rings. The van der Waals surface area contributed by atoms with Crippen molar-refractivity contribution in [3.8, 4) is 0 Å². The molecule has 6 nitrogen and oxygen atoms in total. The molecule has 0 radical (unpaired) electrons. The van der Waals surface area contributed by atoms with E-state index in [9.17, 15) is 4.79 Å². The molecule has 0 unspecified atom stereocenters. The summed E-state index contributed by atoms with van der Waals surface area (Å²) in [6.45, 7) is 4.88. The van der Waals surface area contributed by atoms with Crippen molar-refractivity contribution in [2.24, 2.45) is 5.73 Å². The average Bonchev–Trinajstić information content (AvgIpc) is 2.34. The smallest absolute Gasteiger partial charge is 0.231 e. The van der Waals surface area contributed by atoms with Crippen molar-refractivity contribution in [1.82, 2.24) is 14.8 Å². The molecule has 1 aliphatic heterocycles. The quantitative estimate of drug-likeness (QED) is 0.734. The maximum absolute atomic E-state index is 10.8. The third kappa shape index (κ3) is 3.68. The van der Waals surface area contributed by atoms with E-state index in [2.05, 4.69) is 14.8 Å². The molecule has 1 aromatic rings. The van der Waals surface area contributed by atoms with Crippen LogP contribution in [0.25, 0.3) is 0 Å². The molecule has 0 atom stereocenters. The van der Waals surface area contributed by atoms with Gasteiger partial charge in [0.25, 0.3) is 0 Å². The minimum Gasteiger partial charge on any atom is -0.384 e. The Bertz CT molecular complexity index is 397. The van der Waals surface area contributed by atoms with E-state index in [0.29, 0.717) is 12.4 Å². The Labute approximate surface area is 107 Å². The Balaban J connectivity index is 1.79. The fourth-order valence-electron chi connectivity index (χ4n) is 2.11. The first-order valence-electron chi connectivity index (χ1n) is 6.07. The molecule has 2 rings (SSSR count). The number of pyridine rings is 1. The first-order valence-corrected chi connectivity index (χ1v) is 6.07. The molecule has 1 amide bonds. The molecule has 18 heavy (non-hydrogen) atoms. The number of carbonyl (C=O) groups is 1. The van der Waals surface area contributed by atoms with Crippen molar-refractivity contribution in [2.75, 3.05) is 38.5 Å². The predicted octanol–water partition coefficient (Wildman–Crippen LogP) is -0.733. The minimum atomic E-state index is -0.258. The number of carbonyl (C=O) groups excluding carboxylic acids is 1. The van der Waals surface area contributed by atoms with Gasteiger partial charge in [0.15, 0.2) is 0 Å². The van der Waals surface area contributed by atoms with Crippen LogP contribution in [0.4, 0.5) is 5.82 Å². The summed E-state index contributed by atoms with van der Waals surface area (Å²) in [7, 11) is 0. The number of hydrogen-bond donors (Lipinski definition) is 2. The fraction of sp³-hybridized carbons (Fsp3) is 0.500. The summed E-state index contributed by atoms with van der Waals surface area (Å²) in [6, 6.07) is 3.82. The largest absolute Gasteiger partial charge is 0.384 e. The first-order chi connectivity index (χ1) is 8.63. The van der Waals surface area contributed by atoms with E-state index < -0.39 is 0 Å². The van der Waals surface area contributed by atoms with Gasteiger partial charge >= 0.3 is 0 Å². The van der Waals surface area contributed by atoms with Gasteiger partial charge in [-0.2, -0.15) is 0 Å². The zero-order valence-corrected chi connectivity index (χ0v) is 10.4. The summed E-state index contributed by atoms with van der Waals surface area (Å²) in [5.41, 5.74) is 11.9. The van der Waals surface area contributed by atoms with Crippen LogP contribution in [0.3, 0.4) is 0 Å². The van der Waals surface area contributed by atoms with Gasteiger partial charge in [-0.15, -0.1) is 0 Å². The minimum absolute atomic E-state index is 0.258. The van der Waals surface area contributed by atoms with E-state index in [-0.39, 0.29) is 5.91 Å². The number of aromatic nitrogens is 1. The number of anilines is 1. The third-order valence-electron chi connectivity index (χ3n) is 3.10. The van der Waals surface area contributed by atoms with Crippen molar-refractivity contribution < 1.29 is 4.79 Å².